The molecule has 4 nitrogen and oxygen atoms in total. The fraction of sp³-hybridized carbons (Fsp3) is 0.300. The second-order valence-corrected chi connectivity index (χ2v) is 3.06. The van der Waals surface area contributed by atoms with Gasteiger partial charge in [0.15, 0.2) is 0 Å². The Hall–Kier alpha value is -1.71. The molecule has 0 atom stereocenters. The molecule has 1 rings (SSSR count). The van der Waals surface area contributed by atoms with E-state index < -0.39 is 5.97 Å². The first-order valence-electron chi connectivity index (χ1n) is 4.34. The van der Waals surface area contributed by atoms with Crippen LogP contribution in [0.5, 0.6) is 11.5 Å². The predicted molar refractivity (Wildman–Crippen MR) is 50.7 cm³/mol. The van der Waals surface area contributed by atoms with E-state index in [0.717, 1.165) is 12.5 Å². The first-order valence-corrected chi connectivity index (χ1v) is 4.34. The minimum absolute atomic E-state index is 0.136. The highest BCUT2D eigenvalue weighted by Gasteiger charge is 2.14. The van der Waals surface area contributed by atoms with Crippen molar-refractivity contribution in [3.8, 4) is 11.5 Å². The summed E-state index contributed by atoms with van der Waals surface area (Å²) in [4.78, 5) is 10.7. The molecule has 1 aromatic carbocycles. The Morgan fingerprint density at radius 3 is 2.50 bits per heavy atom. The van der Waals surface area contributed by atoms with E-state index >= 15 is 0 Å². The Labute approximate surface area is 81.4 Å². The molecule has 0 unspecified atom stereocenters. The molecule has 1 aromatic rings. The van der Waals surface area contributed by atoms with Gasteiger partial charge in [0.2, 0.25) is 0 Å². The van der Waals surface area contributed by atoms with Gasteiger partial charge < -0.3 is 15.3 Å². The predicted octanol–water partition coefficient (Wildman–Crippen LogP) is 1.75. The van der Waals surface area contributed by atoms with Gasteiger partial charge in [-0.25, -0.2) is 4.79 Å². The lowest BCUT2D eigenvalue weighted by Gasteiger charge is -2.06. The second kappa shape index (κ2) is 4.00. The lowest BCUT2D eigenvalue weighted by molar-refractivity contribution is 0.0693. The zero-order valence-electron chi connectivity index (χ0n) is 7.82. The lowest BCUT2D eigenvalue weighted by Crippen LogP contribution is -1.99. The normalized spacial score (nSPS) is 10.1. The molecular formula is C10H12O4. The summed E-state index contributed by atoms with van der Waals surface area (Å²) in [6.07, 6.45) is 1.32. The molecule has 0 amide bonds. The highest BCUT2D eigenvalue weighted by Crippen LogP contribution is 2.28. The van der Waals surface area contributed by atoms with E-state index in [1.165, 1.54) is 6.07 Å². The Morgan fingerprint density at radius 1 is 1.36 bits per heavy atom. The van der Waals surface area contributed by atoms with Crippen molar-refractivity contribution < 1.29 is 20.1 Å². The zero-order chi connectivity index (χ0) is 10.7. The molecule has 0 aromatic heterocycles. The van der Waals surface area contributed by atoms with Crippen molar-refractivity contribution in [2.45, 2.75) is 19.8 Å². The molecule has 0 spiro atoms. The number of hydrogen-bond donors (Lipinski definition) is 3. The number of phenolic OH excluding ortho intramolecular Hbond substituents is 1. The van der Waals surface area contributed by atoms with Crippen molar-refractivity contribution in [1.82, 2.24) is 0 Å². The number of benzene rings is 1. The third kappa shape index (κ3) is 1.96. The fourth-order valence-corrected chi connectivity index (χ4v) is 1.30. The van der Waals surface area contributed by atoms with Gasteiger partial charge in [-0.1, -0.05) is 13.3 Å². The van der Waals surface area contributed by atoms with Gasteiger partial charge in [-0.15, -0.1) is 0 Å². The largest absolute Gasteiger partial charge is 0.508 e. The van der Waals surface area contributed by atoms with Gasteiger partial charge in [0.25, 0.3) is 0 Å². The van der Waals surface area contributed by atoms with Gasteiger partial charge in [-0.05, 0) is 24.1 Å². The first-order chi connectivity index (χ1) is 6.56. The van der Waals surface area contributed by atoms with Crippen LogP contribution in [-0.2, 0) is 6.42 Å². The molecule has 0 saturated carbocycles. The molecule has 0 radical (unpaired) electrons. The maximum Gasteiger partial charge on any atom is 0.339 e. The van der Waals surface area contributed by atoms with Crippen LogP contribution in [0.25, 0.3) is 0 Å². The summed E-state index contributed by atoms with van der Waals surface area (Å²) in [5.74, 6) is -1.63. The smallest absolute Gasteiger partial charge is 0.339 e. The number of carbonyl (C=O) groups is 1. The quantitative estimate of drug-likeness (QED) is 0.643. The molecule has 0 aliphatic rings. The minimum atomic E-state index is -1.24. The number of hydrogen-bond acceptors (Lipinski definition) is 3. The van der Waals surface area contributed by atoms with Crippen LogP contribution in [0, 0.1) is 0 Å². The van der Waals surface area contributed by atoms with E-state index in [1.807, 2.05) is 6.92 Å². The third-order valence-electron chi connectivity index (χ3n) is 1.92. The van der Waals surface area contributed by atoms with Gasteiger partial charge in [0.1, 0.15) is 17.1 Å². The highest BCUT2D eigenvalue weighted by atomic mass is 16.4. The summed E-state index contributed by atoms with van der Waals surface area (Å²) in [5, 5.41) is 27.5. The van der Waals surface area contributed by atoms with Crippen molar-refractivity contribution in [3.05, 3.63) is 23.3 Å². The van der Waals surface area contributed by atoms with Gasteiger partial charge in [0.05, 0.1) is 0 Å². The summed E-state index contributed by atoms with van der Waals surface area (Å²) in [6.45, 7) is 1.91. The average Bonchev–Trinajstić information content (AvgIpc) is 2.10. The van der Waals surface area contributed by atoms with Gasteiger partial charge >= 0.3 is 5.97 Å². The molecule has 0 bridgehead atoms. The summed E-state index contributed by atoms with van der Waals surface area (Å²) >= 11 is 0. The van der Waals surface area contributed by atoms with E-state index in [9.17, 15) is 15.0 Å². The van der Waals surface area contributed by atoms with Crippen LogP contribution in [0.15, 0.2) is 12.1 Å². The summed E-state index contributed by atoms with van der Waals surface area (Å²) in [6, 6.07) is 2.42. The van der Waals surface area contributed by atoms with Crippen molar-refractivity contribution in [1.29, 1.82) is 0 Å². The van der Waals surface area contributed by atoms with Gasteiger partial charge in [0, 0.05) is 0 Å². The fourth-order valence-electron chi connectivity index (χ4n) is 1.30. The number of aromatic carboxylic acids is 1. The monoisotopic (exact) mass is 196 g/mol. The summed E-state index contributed by atoms with van der Waals surface area (Å²) in [7, 11) is 0. The van der Waals surface area contributed by atoms with E-state index in [2.05, 4.69) is 0 Å². The second-order valence-electron chi connectivity index (χ2n) is 3.06. The van der Waals surface area contributed by atoms with Crippen molar-refractivity contribution in [2.24, 2.45) is 0 Å². The summed E-state index contributed by atoms with van der Waals surface area (Å²) in [5.41, 5.74) is 0.207. The molecule has 0 aliphatic carbocycles. The lowest BCUT2D eigenvalue weighted by atomic mass is 10.0. The average molecular weight is 196 g/mol. The van der Waals surface area contributed by atoms with E-state index in [4.69, 9.17) is 5.11 Å². The van der Waals surface area contributed by atoms with Crippen LogP contribution in [0.2, 0.25) is 0 Å². The summed E-state index contributed by atoms with van der Waals surface area (Å²) < 4.78 is 0. The Balaban J connectivity index is 3.24. The van der Waals surface area contributed by atoms with Crippen LogP contribution in [-0.4, -0.2) is 21.3 Å². The molecular weight excluding hydrogens is 184 g/mol. The molecule has 3 N–H and O–H groups in total. The Bertz CT molecular complexity index is 357. The number of aromatic hydroxyl groups is 2. The molecule has 0 fully saturated rings. The molecule has 14 heavy (non-hydrogen) atoms. The maximum absolute atomic E-state index is 10.7. The maximum atomic E-state index is 10.7. The molecule has 0 heterocycles. The van der Waals surface area contributed by atoms with Crippen LogP contribution in [0.3, 0.4) is 0 Å². The number of phenols is 2. The van der Waals surface area contributed by atoms with Gasteiger partial charge in [-0.2, -0.15) is 0 Å². The number of carboxylic acids is 1. The number of aryl methyl sites for hydroxylation is 1. The molecule has 4 heteroatoms. The third-order valence-corrected chi connectivity index (χ3v) is 1.92. The zero-order valence-corrected chi connectivity index (χ0v) is 7.82. The highest BCUT2D eigenvalue weighted by molar-refractivity contribution is 5.91. The molecule has 76 valence electrons. The van der Waals surface area contributed by atoms with Crippen molar-refractivity contribution in [3.63, 3.8) is 0 Å². The molecule has 0 saturated heterocycles. The minimum Gasteiger partial charge on any atom is -0.508 e. The van der Waals surface area contributed by atoms with Crippen molar-refractivity contribution >= 4 is 5.97 Å². The molecule has 0 aliphatic heterocycles. The topological polar surface area (TPSA) is 77.8 Å². The van der Waals surface area contributed by atoms with Crippen LogP contribution >= 0.6 is 0 Å². The number of carboxylic acid groups (broad SMARTS) is 1. The first kappa shape index (κ1) is 10.4. The van der Waals surface area contributed by atoms with Gasteiger partial charge in [-0.3, -0.25) is 0 Å². The standard InChI is InChI=1S/C10H12O4/c1-2-3-6-4-7(11)5-8(9(6)12)10(13)14/h4-5,11-12H,2-3H2,1H3,(H,13,14). The van der Waals surface area contributed by atoms with Crippen LogP contribution in [0.4, 0.5) is 0 Å². The van der Waals surface area contributed by atoms with E-state index in [1.54, 1.807) is 0 Å². The Morgan fingerprint density at radius 2 is 2.00 bits per heavy atom. The SMILES string of the molecule is CCCc1cc(O)cc(C(=O)O)c1O. The number of rotatable bonds is 3. The van der Waals surface area contributed by atoms with Crippen LogP contribution in [0.1, 0.15) is 29.3 Å². The van der Waals surface area contributed by atoms with Crippen molar-refractivity contribution in [2.75, 3.05) is 0 Å². The van der Waals surface area contributed by atoms with E-state index in [0.29, 0.717) is 12.0 Å². The van der Waals surface area contributed by atoms with Crippen LogP contribution < -0.4 is 0 Å². The van der Waals surface area contributed by atoms with E-state index in [-0.39, 0.29) is 17.1 Å². The Kier molecular flexibility index (Phi) is 2.96.